The molecule has 0 aliphatic carbocycles. The van der Waals surface area contributed by atoms with Gasteiger partial charge >= 0.3 is 0 Å². The molecule has 0 fully saturated rings. The fourth-order valence-corrected chi connectivity index (χ4v) is 1.63. The normalized spacial score (nSPS) is 10.0. The van der Waals surface area contributed by atoms with Crippen LogP contribution in [0.2, 0.25) is 0 Å². The molecule has 2 aromatic rings. The highest BCUT2D eigenvalue weighted by molar-refractivity contribution is 5.47. The molecule has 96 valence electrons. The number of benzene rings is 2. The summed E-state index contributed by atoms with van der Waals surface area (Å²) in [6.45, 7) is -0.112. The molecule has 0 atom stereocenters. The summed E-state index contributed by atoms with van der Waals surface area (Å²) in [5.41, 5.74) is 0.137. The monoisotopic (exact) mass is 262 g/mol. The molecule has 0 bridgehead atoms. The van der Waals surface area contributed by atoms with Gasteiger partial charge in [0.05, 0.1) is 11.6 Å². The van der Waals surface area contributed by atoms with Gasteiger partial charge in [-0.25, -0.2) is 13.2 Å². The molecule has 0 radical (unpaired) electrons. The molecule has 0 saturated carbocycles. The van der Waals surface area contributed by atoms with E-state index in [0.717, 1.165) is 18.2 Å². The molecule has 0 aliphatic rings. The van der Waals surface area contributed by atoms with E-state index in [2.05, 4.69) is 5.32 Å². The lowest BCUT2D eigenvalue weighted by Gasteiger charge is -2.09. The summed E-state index contributed by atoms with van der Waals surface area (Å²) in [5, 5.41) is 11.2. The average molecular weight is 262 g/mol. The maximum atomic E-state index is 13.5. The Morgan fingerprint density at radius 2 is 1.68 bits per heavy atom. The van der Waals surface area contributed by atoms with Gasteiger partial charge in [-0.15, -0.1) is 0 Å². The maximum absolute atomic E-state index is 13.5. The van der Waals surface area contributed by atoms with Crippen molar-refractivity contribution in [3.8, 4) is 6.07 Å². The first-order valence-corrected chi connectivity index (χ1v) is 5.48. The van der Waals surface area contributed by atoms with E-state index in [0.29, 0.717) is 0 Å². The van der Waals surface area contributed by atoms with E-state index in [1.54, 1.807) is 0 Å². The smallest absolute Gasteiger partial charge is 0.149 e. The first-order valence-electron chi connectivity index (χ1n) is 5.48. The number of halogens is 3. The Balaban J connectivity index is 2.22. The van der Waals surface area contributed by atoms with Crippen LogP contribution < -0.4 is 5.32 Å². The highest BCUT2D eigenvalue weighted by Crippen LogP contribution is 2.20. The summed E-state index contributed by atoms with van der Waals surface area (Å²) in [7, 11) is 0. The summed E-state index contributed by atoms with van der Waals surface area (Å²) in [6.07, 6.45) is 0. The van der Waals surface area contributed by atoms with Crippen LogP contribution in [0.3, 0.4) is 0 Å². The van der Waals surface area contributed by atoms with Crippen LogP contribution in [0.15, 0.2) is 36.4 Å². The SMILES string of the molecule is N#Cc1ccc(F)c(CNc2c(F)cccc2F)c1. The van der Waals surface area contributed by atoms with Crippen molar-refractivity contribution in [1.82, 2.24) is 0 Å². The lowest BCUT2D eigenvalue weighted by Crippen LogP contribution is -2.05. The molecule has 0 heterocycles. The minimum atomic E-state index is -0.753. The Labute approximate surface area is 108 Å². The molecule has 0 aliphatic heterocycles. The van der Waals surface area contributed by atoms with Crippen molar-refractivity contribution < 1.29 is 13.2 Å². The van der Waals surface area contributed by atoms with Gasteiger partial charge in [0.15, 0.2) is 0 Å². The molecule has 2 rings (SSSR count). The van der Waals surface area contributed by atoms with Crippen LogP contribution in [0.4, 0.5) is 18.9 Å². The van der Waals surface area contributed by atoms with Crippen LogP contribution in [-0.4, -0.2) is 0 Å². The second-order valence-corrected chi connectivity index (χ2v) is 3.87. The van der Waals surface area contributed by atoms with E-state index in [9.17, 15) is 13.2 Å². The Bertz CT molecular complexity index is 627. The Morgan fingerprint density at radius 1 is 1.00 bits per heavy atom. The average Bonchev–Trinajstić information content (AvgIpc) is 2.40. The van der Waals surface area contributed by atoms with Gasteiger partial charge in [0.1, 0.15) is 23.1 Å². The number of anilines is 1. The zero-order chi connectivity index (χ0) is 13.8. The van der Waals surface area contributed by atoms with Crippen molar-refractivity contribution in [3.05, 3.63) is 65.0 Å². The summed E-state index contributed by atoms with van der Waals surface area (Å²) < 4.78 is 40.2. The molecular formula is C14H9F3N2. The number of nitrogens with zero attached hydrogens (tertiary/aromatic N) is 1. The minimum Gasteiger partial charge on any atom is -0.376 e. The van der Waals surface area contributed by atoms with Crippen LogP contribution in [0.25, 0.3) is 0 Å². The lowest BCUT2D eigenvalue weighted by atomic mass is 10.1. The van der Waals surface area contributed by atoms with Crippen LogP contribution in [-0.2, 0) is 6.54 Å². The second kappa shape index (κ2) is 5.44. The van der Waals surface area contributed by atoms with E-state index in [1.165, 1.54) is 18.2 Å². The van der Waals surface area contributed by atoms with E-state index in [1.807, 2.05) is 6.07 Å². The fraction of sp³-hybridized carbons (Fsp3) is 0.0714. The molecule has 0 saturated heterocycles. The third-order valence-corrected chi connectivity index (χ3v) is 2.59. The Kier molecular flexibility index (Phi) is 3.71. The Hall–Kier alpha value is -2.48. The number of rotatable bonds is 3. The zero-order valence-corrected chi connectivity index (χ0v) is 9.75. The van der Waals surface area contributed by atoms with Gasteiger partial charge in [-0.1, -0.05) is 6.07 Å². The molecule has 0 spiro atoms. The molecule has 0 amide bonds. The van der Waals surface area contributed by atoms with Crippen LogP contribution in [0.1, 0.15) is 11.1 Å². The number of hydrogen-bond acceptors (Lipinski definition) is 2. The molecule has 2 aromatic carbocycles. The molecule has 5 heteroatoms. The van der Waals surface area contributed by atoms with E-state index >= 15 is 0 Å². The summed E-state index contributed by atoms with van der Waals surface area (Å²) in [6, 6.07) is 9.14. The predicted octanol–water partition coefficient (Wildman–Crippen LogP) is 3.59. The summed E-state index contributed by atoms with van der Waals surface area (Å²) in [4.78, 5) is 0. The van der Waals surface area contributed by atoms with Crippen LogP contribution >= 0.6 is 0 Å². The first kappa shape index (κ1) is 13.0. The number of para-hydroxylation sites is 1. The third kappa shape index (κ3) is 2.86. The van der Waals surface area contributed by atoms with Crippen molar-refractivity contribution in [2.75, 3.05) is 5.32 Å². The number of nitrogens with one attached hydrogen (secondary N) is 1. The van der Waals surface area contributed by atoms with Crippen molar-refractivity contribution >= 4 is 5.69 Å². The van der Waals surface area contributed by atoms with Gasteiger partial charge in [-0.3, -0.25) is 0 Å². The number of nitriles is 1. The molecular weight excluding hydrogens is 253 g/mol. The van der Waals surface area contributed by atoms with E-state index < -0.39 is 17.5 Å². The van der Waals surface area contributed by atoms with Crippen molar-refractivity contribution in [3.63, 3.8) is 0 Å². The minimum absolute atomic E-state index is 0.112. The number of hydrogen-bond donors (Lipinski definition) is 1. The molecule has 0 unspecified atom stereocenters. The van der Waals surface area contributed by atoms with Crippen molar-refractivity contribution in [1.29, 1.82) is 5.26 Å². The van der Waals surface area contributed by atoms with Crippen molar-refractivity contribution in [2.45, 2.75) is 6.54 Å². The molecule has 2 nitrogen and oxygen atoms in total. The standard InChI is InChI=1S/C14H9F3N2/c15-11-5-4-9(7-18)6-10(11)8-19-14-12(16)2-1-3-13(14)17/h1-6,19H,8H2. The van der Waals surface area contributed by atoms with Gasteiger partial charge in [-0.2, -0.15) is 5.26 Å². The van der Waals surface area contributed by atoms with Crippen molar-refractivity contribution in [2.24, 2.45) is 0 Å². The van der Waals surface area contributed by atoms with Gasteiger partial charge in [-0.05, 0) is 30.3 Å². The quantitative estimate of drug-likeness (QED) is 0.917. The molecule has 0 aromatic heterocycles. The van der Waals surface area contributed by atoms with E-state index in [4.69, 9.17) is 5.26 Å². The Morgan fingerprint density at radius 3 is 2.32 bits per heavy atom. The summed E-state index contributed by atoms with van der Waals surface area (Å²) >= 11 is 0. The fourth-order valence-electron chi connectivity index (χ4n) is 1.63. The van der Waals surface area contributed by atoms with Gasteiger partial charge in [0.25, 0.3) is 0 Å². The molecule has 1 N–H and O–H groups in total. The highest BCUT2D eigenvalue weighted by atomic mass is 19.1. The van der Waals surface area contributed by atoms with Gasteiger partial charge in [0.2, 0.25) is 0 Å². The zero-order valence-electron chi connectivity index (χ0n) is 9.75. The summed E-state index contributed by atoms with van der Waals surface area (Å²) in [5.74, 6) is -2.04. The predicted molar refractivity (Wildman–Crippen MR) is 64.8 cm³/mol. The van der Waals surface area contributed by atoms with Crippen LogP contribution in [0, 0.1) is 28.8 Å². The molecule has 19 heavy (non-hydrogen) atoms. The maximum Gasteiger partial charge on any atom is 0.149 e. The second-order valence-electron chi connectivity index (χ2n) is 3.87. The topological polar surface area (TPSA) is 35.8 Å². The van der Waals surface area contributed by atoms with Crippen LogP contribution in [0.5, 0.6) is 0 Å². The van der Waals surface area contributed by atoms with E-state index in [-0.39, 0.29) is 23.4 Å². The highest BCUT2D eigenvalue weighted by Gasteiger charge is 2.09. The van der Waals surface area contributed by atoms with Gasteiger partial charge < -0.3 is 5.32 Å². The largest absolute Gasteiger partial charge is 0.376 e. The third-order valence-electron chi connectivity index (χ3n) is 2.59. The van der Waals surface area contributed by atoms with Gasteiger partial charge in [0, 0.05) is 12.1 Å². The lowest BCUT2D eigenvalue weighted by molar-refractivity contribution is 0.585. The first-order chi connectivity index (χ1) is 9.11.